The van der Waals surface area contributed by atoms with Gasteiger partial charge in [0.15, 0.2) is 4.34 Å². The zero-order valence-electron chi connectivity index (χ0n) is 11.8. The van der Waals surface area contributed by atoms with Crippen molar-refractivity contribution in [3.05, 3.63) is 0 Å². The van der Waals surface area contributed by atoms with Crippen LogP contribution < -0.4 is 5.32 Å². The van der Waals surface area contributed by atoms with Crippen LogP contribution in [-0.2, 0) is 9.53 Å². The third kappa shape index (κ3) is 4.69. The Labute approximate surface area is 127 Å². The van der Waals surface area contributed by atoms with Gasteiger partial charge in [0.2, 0.25) is 11.0 Å². The first-order chi connectivity index (χ1) is 9.71. The van der Waals surface area contributed by atoms with E-state index in [0.717, 1.165) is 36.0 Å². The lowest BCUT2D eigenvalue weighted by atomic mass is 10.1. The summed E-state index contributed by atoms with van der Waals surface area (Å²) in [5.74, 6) is 0.917. The summed E-state index contributed by atoms with van der Waals surface area (Å²) < 4.78 is 6.24. The summed E-state index contributed by atoms with van der Waals surface area (Å²) in [6.07, 6.45) is 2.38. The summed E-state index contributed by atoms with van der Waals surface area (Å²) in [6.45, 7) is 4.21. The van der Waals surface area contributed by atoms with E-state index >= 15 is 0 Å². The number of carbonyl (C=O) groups excluding carboxylic acids is 1. The second kappa shape index (κ2) is 7.92. The van der Waals surface area contributed by atoms with Crippen molar-refractivity contribution in [2.45, 2.75) is 30.2 Å². The number of thioether (sulfide) groups is 1. The Hall–Kier alpha value is -0.700. The van der Waals surface area contributed by atoms with Crippen LogP contribution in [0.1, 0.15) is 19.8 Å². The molecule has 1 aliphatic rings. The van der Waals surface area contributed by atoms with Crippen LogP contribution in [0.25, 0.3) is 0 Å². The third-order valence-corrected chi connectivity index (χ3v) is 4.94. The quantitative estimate of drug-likeness (QED) is 0.636. The molecule has 2 heterocycles. The number of ether oxygens (including phenoxy) is 1. The van der Waals surface area contributed by atoms with Gasteiger partial charge in [0.25, 0.3) is 0 Å². The maximum atomic E-state index is 12.0. The molecule has 1 fully saturated rings. The Morgan fingerprint density at radius 2 is 2.45 bits per heavy atom. The van der Waals surface area contributed by atoms with Gasteiger partial charge in [-0.2, -0.15) is 0 Å². The molecule has 0 spiro atoms. The molecule has 1 saturated heterocycles. The van der Waals surface area contributed by atoms with E-state index in [1.54, 1.807) is 18.9 Å². The molecule has 1 amide bonds. The lowest BCUT2D eigenvalue weighted by molar-refractivity contribution is -0.118. The number of nitrogens with zero attached hydrogens (tertiary/aromatic N) is 3. The van der Waals surface area contributed by atoms with E-state index in [2.05, 4.69) is 27.3 Å². The Balaban J connectivity index is 1.79. The van der Waals surface area contributed by atoms with Gasteiger partial charge in [0.1, 0.15) is 0 Å². The monoisotopic (exact) mass is 316 g/mol. The maximum Gasteiger partial charge on any atom is 0.240 e. The molecule has 0 unspecified atom stereocenters. The second-order valence-electron chi connectivity index (χ2n) is 4.59. The number of rotatable bonds is 6. The first-order valence-corrected chi connectivity index (χ1v) is 8.52. The molecule has 1 aliphatic heterocycles. The highest BCUT2D eigenvalue weighted by molar-refractivity contribution is 8.01. The Kier molecular flexibility index (Phi) is 6.21. The number of hydrogen-bond donors (Lipinski definition) is 1. The van der Waals surface area contributed by atoms with Gasteiger partial charge in [0.05, 0.1) is 12.6 Å². The molecule has 0 saturated carbocycles. The van der Waals surface area contributed by atoms with Crippen LogP contribution in [0.15, 0.2) is 4.34 Å². The molecule has 112 valence electrons. The smallest absolute Gasteiger partial charge is 0.240 e. The minimum Gasteiger partial charge on any atom is -0.380 e. The van der Waals surface area contributed by atoms with Crippen molar-refractivity contribution in [2.24, 2.45) is 0 Å². The summed E-state index contributed by atoms with van der Waals surface area (Å²) in [5.41, 5.74) is 0. The van der Waals surface area contributed by atoms with Crippen LogP contribution >= 0.6 is 23.1 Å². The van der Waals surface area contributed by atoms with Crippen molar-refractivity contribution in [1.29, 1.82) is 0 Å². The molecule has 20 heavy (non-hydrogen) atoms. The van der Waals surface area contributed by atoms with E-state index in [1.165, 1.54) is 11.3 Å². The number of aromatic nitrogens is 2. The second-order valence-corrected chi connectivity index (χ2v) is 7.08. The minimum atomic E-state index is -0.0362. The van der Waals surface area contributed by atoms with Gasteiger partial charge in [-0.05, 0) is 25.1 Å². The first kappa shape index (κ1) is 15.7. The number of likely N-dealkylation sites (tertiary alicyclic amines) is 1. The molecule has 0 aliphatic carbocycles. The molecule has 1 atom stereocenters. The molecule has 1 aromatic heterocycles. The van der Waals surface area contributed by atoms with Crippen LogP contribution in [0.5, 0.6) is 0 Å². The SMILES string of the molecule is CCSc1nnc(NC(=O)CN2CCC[C@H](OC)C2)s1. The van der Waals surface area contributed by atoms with Gasteiger partial charge < -0.3 is 4.74 Å². The Morgan fingerprint density at radius 3 is 3.20 bits per heavy atom. The Bertz CT molecular complexity index is 441. The largest absolute Gasteiger partial charge is 0.380 e. The summed E-state index contributed by atoms with van der Waals surface area (Å²) in [4.78, 5) is 14.1. The molecule has 1 N–H and O–H groups in total. The van der Waals surface area contributed by atoms with E-state index < -0.39 is 0 Å². The topological polar surface area (TPSA) is 67.4 Å². The van der Waals surface area contributed by atoms with Crippen molar-refractivity contribution >= 4 is 34.1 Å². The van der Waals surface area contributed by atoms with Crippen LogP contribution in [0.3, 0.4) is 0 Å². The van der Waals surface area contributed by atoms with Gasteiger partial charge in [-0.15, -0.1) is 10.2 Å². The first-order valence-electron chi connectivity index (χ1n) is 6.72. The van der Waals surface area contributed by atoms with Crippen molar-refractivity contribution in [3.63, 3.8) is 0 Å². The van der Waals surface area contributed by atoms with Gasteiger partial charge in [-0.1, -0.05) is 30.0 Å². The zero-order chi connectivity index (χ0) is 14.4. The Morgan fingerprint density at radius 1 is 1.60 bits per heavy atom. The molecule has 6 nitrogen and oxygen atoms in total. The summed E-state index contributed by atoms with van der Waals surface area (Å²) >= 11 is 3.05. The average molecular weight is 316 g/mol. The number of nitrogens with one attached hydrogen (secondary N) is 1. The fourth-order valence-electron chi connectivity index (χ4n) is 2.15. The summed E-state index contributed by atoms with van der Waals surface area (Å²) in [7, 11) is 1.72. The number of hydrogen-bond acceptors (Lipinski definition) is 7. The molecule has 0 radical (unpaired) electrons. The molecule has 2 rings (SSSR count). The van der Waals surface area contributed by atoms with E-state index in [-0.39, 0.29) is 12.0 Å². The minimum absolute atomic E-state index is 0.0362. The number of amides is 1. The fraction of sp³-hybridized carbons (Fsp3) is 0.750. The number of carbonyl (C=O) groups is 1. The number of anilines is 1. The highest BCUT2D eigenvalue weighted by Gasteiger charge is 2.21. The molecule has 8 heteroatoms. The molecular formula is C12H20N4O2S2. The van der Waals surface area contributed by atoms with Crippen molar-refractivity contribution < 1.29 is 9.53 Å². The fourth-order valence-corrected chi connectivity index (χ4v) is 3.82. The highest BCUT2D eigenvalue weighted by atomic mass is 32.2. The van der Waals surface area contributed by atoms with Gasteiger partial charge >= 0.3 is 0 Å². The molecule has 1 aromatic rings. The van der Waals surface area contributed by atoms with Gasteiger partial charge in [0, 0.05) is 13.7 Å². The van der Waals surface area contributed by atoms with Crippen molar-refractivity contribution in [2.75, 3.05) is 37.8 Å². The normalized spacial score (nSPS) is 20.0. The lowest BCUT2D eigenvalue weighted by Gasteiger charge is -2.31. The van der Waals surface area contributed by atoms with Crippen molar-refractivity contribution in [3.8, 4) is 0 Å². The lowest BCUT2D eigenvalue weighted by Crippen LogP contribution is -2.43. The van der Waals surface area contributed by atoms with Crippen LogP contribution in [-0.4, -0.2) is 59.6 Å². The van der Waals surface area contributed by atoms with Crippen LogP contribution in [0, 0.1) is 0 Å². The predicted octanol–water partition coefficient (Wildman–Crippen LogP) is 1.70. The molecule has 0 bridgehead atoms. The summed E-state index contributed by atoms with van der Waals surface area (Å²) in [5, 5.41) is 11.4. The number of piperidine rings is 1. The van der Waals surface area contributed by atoms with E-state index in [4.69, 9.17) is 4.74 Å². The zero-order valence-corrected chi connectivity index (χ0v) is 13.4. The van der Waals surface area contributed by atoms with Crippen LogP contribution in [0.4, 0.5) is 5.13 Å². The van der Waals surface area contributed by atoms with Crippen molar-refractivity contribution in [1.82, 2.24) is 15.1 Å². The predicted molar refractivity (Wildman–Crippen MR) is 81.4 cm³/mol. The third-order valence-electron chi connectivity index (χ3n) is 3.08. The van der Waals surface area contributed by atoms with E-state index in [0.29, 0.717) is 11.7 Å². The highest BCUT2D eigenvalue weighted by Crippen LogP contribution is 2.24. The average Bonchev–Trinajstić information content (AvgIpc) is 2.86. The van der Waals surface area contributed by atoms with Gasteiger partial charge in [-0.25, -0.2) is 0 Å². The summed E-state index contributed by atoms with van der Waals surface area (Å²) in [6, 6.07) is 0. The molecule has 0 aromatic carbocycles. The number of methoxy groups -OCH3 is 1. The maximum absolute atomic E-state index is 12.0. The molecular weight excluding hydrogens is 296 g/mol. The van der Waals surface area contributed by atoms with Gasteiger partial charge in [-0.3, -0.25) is 15.0 Å². The standard InChI is InChI=1S/C12H20N4O2S2/c1-3-19-12-15-14-11(20-12)13-10(17)8-16-6-4-5-9(7-16)18-2/h9H,3-8H2,1-2H3,(H,13,14,17)/t9-/m0/s1. The van der Waals surface area contributed by atoms with Crippen LogP contribution in [0.2, 0.25) is 0 Å². The van der Waals surface area contributed by atoms with E-state index in [9.17, 15) is 4.79 Å². The van der Waals surface area contributed by atoms with E-state index in [1.807, 2.05) is 0 Å².